The van der Waals surface area contributed by atoms with Crippen LogP contribution in [0, 0.1) is 0 Å². The van der Waals surface area contributed by atoms with Crippen molar-refractivity contribution in [1.29, 1.82) is 0 Å². The van der Waals surface area contributed by atoms with E-state index in [-0.39, 0.29) is 5.91 Å². The molecule has 0 aromatic carbocycles. The maximum Gasteiger partial charge on any atom is 0.221 e. The van der Waals surface area contributed by atoms with Crippen LogP contribution in [0.3, 0.4) is 0 Å². The third-order valence-electron chi connectivity index (χ3n) is 2.26. The topological polar surface area (TPSA) is 50.2 Å². The molecule has 1 heterocycles. The first-order valence-corrected chi connectivity index (χ1v) is 5.55. The van der Waals surface area contributed by atoms with Crippen LogP contribution >= 0.6 is 0 Å². The van der Waals surface area contributed by atoms with Crippen LogP contribution < -0.4 is 5.32 Å². The summed E-state index contributed by atoms with van der Waals surface area (Å²) >= 11 is 0. The summed E-state index contributed by atoms with van der Waals surface area (Å²) in [5, 5.41) is 2.90. The molecule has 0 fully saturated rings. The molecule has 0 aliphatic carbocycles. The summed E-state index contributed by atoms with van der Waals surface area (Å²) in [7, 11) is 4.06. The number of aryl methyl sites for hydroxylation is 1. The molecule has 0 bridgehead atoms. The number of rotatable bonds is 7. The Morgan fingerprint density at radius 2 is 2.31 bits per heavy atom. The summed E-state index contributed by atoms with van der Waals surface area (Å²) in [5.41, 5.74) is 0. The minimum Gasteiger partial charge on any atom is -0.356 e. The Hall–Kier alpha value is -1.36. The Morgan fingerprint density at radius 1 is 1.50 bits per heavy atom. The minimum absolute atomic E-state index is 0.104. The molecule has 0 saturated carbocycles. The fraction of sp³-hybridized carbons (Fsp3) is 0.636. The predicted octanol–water partition coefficient (Wildman–Crippen LogP) is 0.341. The number of carbonyl (C=O) groups excluding carboxylic acids is 1. The van der Waals surface area contributed by atoms with E-state index in [9.17, 15) is 4.79 Å². The molecule has 0 radical (unpaired) electrons. The van der Waals surface area contributed by atoms with E-state index < -0.39 is 0 Å². The summed E-state index contributed by atoms with van der Waals surface area (Å²) in [6.07, 6.45) is 6.80. The average Bonchev–Trinajstić information content (AvgIpc) is 2.74. The van der Waals surface area contributed by atoms with Gasteiger partial charge in [0.1, 0.15) is 0 Å². The summed E-state index contributed by atoms with van der Waals surface area (Å²) < 4.78 is 1.90. The number of hydrogen-bond acceptors (Lipinski definition) is 3. The Morgan fingerprint density at radius 3 is 2.94 bits per heavy atom. The minimum atomic E-state index is 0.104. The second kappa shape index (κ2) is 7.00. The summed E-state index contributed by atoms with van der Waals surface area (Å²) in [5.74, 6) is 0.104. The highest BCUT2D eigenvalue weighted by atomic mass is 16.1. The van der Waals surface area contributed by atoms with Crippen molar-refractivity contribution in [2.75, 3.05) is 27.2 Å². The smallest absolute Gasteiger partial charge is 0.221 e. The number of carbonyl (C=O) groups is 1. The largest absolute Gasteiger partial charge is 0.356 e. The van der Waals surface area contributed by atoms with Crippen molar-refractivity contribution >= 4 is 5.91 Å². The Bertz CT molecular complexity index is 295. The molecule has 1 rings (SSSR count). The van der Waals surface area contributed by atoms with Crippen molar-refractivity contribution in [3.8, 4) is 0 Å². The highest BCUT2D eigenvalue weighted by Gasteiger charge is 2.00. The van der Waals surface area contributed by atoms with Crippen molar-refractivity contribution < 1.29 is 4.79 Å². The summed E-state index contributed by atoms with van der Waals surface area (Å²) in [6.45, 7) is 2.45. The van der Waals surface area contributed by atoms with Crippen LogP contribution in [0.15, 0.2) is 18.7 Å². The SMILES string of the molecule is CN(C)CCCNC(=O)CCn1ccnc1. The highest BCUT2D eigenvalue weighted by Crippen LogP contribution is 1.90. The molecule has 0 aliphatic heterocycles. The molecule has 1 aromatic rings. The first-order valence-electron chi connectivity index (χ1n) is 5.55. The van der Waals surface area contributed by atoms with Gasteiger partial charge in [0.05, 0.1) is 6.33 Å². The van der Waals surface area contributed by atoms with Crippen LogP contribution in [0.1, 0.15) is 12.8 Å². The second-order valence-corrected chi connectivity index (χ2v) is 4.06. The highest BCUT2D eigenvalue weighted by molar-refractivity contribution is 5.75. The summed E-state index contributed by atoms with van der Waals surface area (Å²) in [4.78, 5) is 17.5. The maximum absolute atomic E-state index is 11.4. The van der Waals surface area contributed by atoms with Gasteiger partial charge in [0.2, 0.25) is 5.91 Å². The number of imidazole rings is 1. The molecule has 0 aliphatic rings. The fourth-order valence-electron chi connectivity index (χ4n) is 1.36. The van der Waals surface area contributed by atoms with Crippen molar-refractivity contribution in [2.24, 2.45) is 0 Å². The quantitative estimate of drug-likeness (QED) is 0.680. The number of amides is 1. The molecule has 5 heteroatoms. The van der Waals surface area contributed by atoms with Crippen LogP contribution in [-0.4, -0.2) is 47.5 Å². The number of nitrogens with one attached hydrogen (secondary N) is 1. The fourth-order valence-corrected chi connectivity index (χ4v) is 1.36. The zero-order valence-electron chi connectivity index (χ0n) is 10.0. The van der Waals surface area contributed by atoms with E-state index in [1.807, 2.05) is 24.9 Å². The van der Waals surface area contributed by atoms with E-state index in [0.717, 1.165) is 19.5 Å². The number of hydrogen-bond donors (Lipinski definition) is 1. The van der Waals surface area contributed by atoms with Gasteiger partial charge in [-0.05, 0) is 27.1 Å². The van der Waals surface area contributed by atoms with Gasteiger partial charge in [0.15, 0.2) is 0 Å². The van der Waals surface area contributed by atoms with Gasteiger partial charge in [-0.25, -0.2) is 4.98 Å². The normalized spacial score (nSPS) is 10.7. The zero-order valence-corrected chi connectivity index (χ0v) is 10.0. The molecule has 1 N–H and O–H groups in total. The van der Waals surface area contributed by atoms with E-state index >= 15 is 0 Å². The first-order chi connectivity index (χ1) is 7.68. The first kappa shape index (κ1) is 12.7. The Labute approximate surface area is 96.5 Å². The third kappa shape index (κ3) is 5.50. The van der Waals surface area contributed by atoms with Gasteiger partial charge in [-0.3, -0.25) is 4.79 Å². The molecule has 1 amide bonds. The van der Waals surface area contributed by atoms with Crippen LogP contribution in [0.2, 0.25) is 0 Å². The Kier molecular flexibility index (Phi) is 5.56. The van der Waals surface area contributed by atoms with Gasteiger partial charge in [0, 0.05) is 31.9 Å². The monoisotopic (exact) mass is 224 g/mol. The predicted molar refractivity (Wildman–Crippen MR) is 63.0 cm³/mol. The summed E-state index contributed by atoms with van der Waals surface area (Å²) in [6, 6.07) is 0. The van der Waals surface area contributed by atoms with Crippen molar-refractivity contribution in [3.05, 3.63) is 18.7 Å². The van der Waals surface area contributed by atoms with E-state index in [4.69, 9.17) is 0 Å². The third-order valence-corrected chi connectivity index (χ3v) is 2.26. The standard InChI is InChI=1S/C11H20N4O/c1-14(2)7-3-5-13-11(16)4-8-15-9-6-12-10-15/h6,9-10H,3-5,7-8H2,1-2H3,(H,13,16). The second-order valence-electron chi connectivity index (χ2n) is 4.06. The molecule has 0 spiro atoms. The number of aromatic nitrogens is 2. The van der Waals surface area contributed by atoms with Crippen LogP contribution in [0.5, 0.6) is 0 Å². The van der Waals surface area contributed by atoms with Gasteiger partial charge in [-0.1, -0.05) is 0 Å². The molecule has 5 nitrogen and oxygen atoms in total. The molecule has 0 atom stereocenters. The zero-order chi connectivity index (χ0) is 11.8. The van der Waals surface area contributed by atoms with E-state index in [1.54, 1.807) is 12.5 Å². The van der Waals surface area contributed by atoms with E-state index in [0.29, 0.717) is 13.0 Å². The molecule has 16 heavy (non-hydrogen) atoms. The van der Waals surface area contributed by atoms with Crippen LogP contribution in [0.4, 0.5) is 0 Å². The molecular weight excluding hydrogens is 204 g/mol. The van der Waals surface area contributed by atoms with Gasteiger partial charge in [-0.15, -0.1) is 0 Å². The van der Waals surface area contributed by atoms with Crippen molar-refractivity contribution in [2.45, 2.75) is 19.4 Å². The maximum atomic E-state index is 11.4. The molecule has 90 valence electrons. The number of nitrogens with zero attached hydrogens (tertiary/aromatic N) is 3. The van der Waals surface area contributed by atoms with Crippen LogP contribution in [0.25, 0.3) is 0 Å². The molecule has 0 saturated heterocycles. The van der Waals surface area contributed by atoms with Crippen molar-refractivity contribution in [3.63, 3.8) is 0 Å². The average molecular weight is 224 g/mol. The van der Waals surface area contributed by atoms with Crippen LogP contribution in [-0.2, 0) is 11.3 Å². The van der Waals surface area contributed by atoms with E-state index in [1.165, 1.54) is 0 Å². The molecule has 0 unspecified atom stereocenters. The van der Waals surface area contributed by atoms with Gasteiger partial charge in [0.25, 0.3) is 0 Å². The lowest BCUT2D eigenvalue weighted by atomic mass is 10.3. The van der Waals surface area contributed by atoms with Gasteiger partial charge in [-0.2, -0.15) is 0 Å². The lowest BCUT2D eigenvalue weighted by Crippen LogP contribution is -2.27. The lowest BCUT2D eigenvalue weighted by molar-refractivity contribution is -0.121. The van der Waals surface area contributed by atoms with E-state index in [2.05, 4.69) is 15.2 Å². The van der Waals surface area contributed by atoms with Gasteiger partial charge < -0.3 is 14.8 Å². The Balaban J connectivity index is 2.03. The lowest BCUT2D eigenvalue weighted by Gasteiger charge is -2.09. The molecule has 1 aromatic heterocycles. The van der Waals surface area contributed by atoms with Gasteiger partial charge >= 0.3 is 0 Å². The van der Waals surface area contributed by atoms with Crippen molar-refractivity contribution in [1.82, 2.24) is 19.8 Å². The molecular formula is C11H20N4O.